The van der Waals surface area contributed by atoms with Crippen LogP contribution in [0.2, 0.25) is 25.7 Å². The maximum absolute atomic E-state index is 11.3. The number of rotatable bonds is 9. The number of ether oxygens (including phenoxy) is 1. The second-order valence-corrected chi connectivity index (χ2v) is 16.3. The van der Waals surface area contributed by atoms with Gasteiger partial charge in [0, 0.05) is 21.7 Å². The average Bonchev–Trinajstić information content (AvgIpc) is 3.19. The van der Waals surface area contributed by atoms with Crippen molar-refractivity contribution in [1.82, 2.24) is 19.7 Å². The van der Waals surface area contributed by atoms with Crippen LogP contribution >= 0.6 is 11.3 Å². The number of thiazole rings is 1. The predicted molar refractivity (Wildman–Crippen MR) is 145 cm³/mol. The molecular formula is C25H30N6O3SSi. The Morgan fingerprint density at radius 3 is 2.64 bits per heavy atom. The largest absolute Gasteiger partial charge is 0.477 e. The smallest absolute Gasteiger partial charge is 0.354 e. The van der Waals surface area contributed by atoms with Crippen LogP contribution in [-0.2, 0) is 11.5 Å². The lowest BCUT2D eigenvalue weighted by Gasteiger charge is -2.17. The van der Waals surface area contributed by atoms with E-state index in [2.05, 4.69) is 51.5 Å². The van der Waals surface area contributed by atoms with Crippen LogP contribution in [-0.4, -0.2) is 52.6 Å². The van der Waals surface area contributed by atoms with Gasteiger partial charge >= 0.3 is 5.97 Å². The molecule has 0 spiro atoms. The van der Waals surface area contributed by atoms with Crippen LogP contribution < -0.4 is 9.70 Å². The highest BCUT2D eigenvalue weighted by Gasteiger charge is 2.15. The number of para-hydroxylation sites is 1. The zero-order chi connectivity index (χ0) is 25.9. The molecule has 36 heavy (non-hydrogen) atoms. The third kappa shape index (κ3) is 6.04. The fourth-order valence-corrected chi connectivity index (χ4v) is 5.22. The van der Waals surface area contributed by atoms with E-state index in [0.29, 0.717) is 24.2 Å². The van der Waals surface area contributed by atoms with E-state index in [1.54, 1.807) is 35.4 Å². The molecule has 3 aromatic heterocycles. The number of carboxylic acid groups (broad SMARTS) is 1. The molecule has 0 aliphatic heterocycles. The van der Waals surface area contributed by atoms with Crippen LogP contribution in [0.1, 0.15) is 16.1 Å². The summed E-state index contributed by atoms with van der Waals surface area (Å²) >= 11 is 1.58. The number of anilines is 2. The van der Waals surface area contributed by atoms with E-state index < -0.39 is 14.0 Å². The standard InChI is InChI=1S/C25H30N6O3SSi/c1-17-15-22(30(2)21-12-8-9-18(26-21)24(32)33)28-29-23(17)27-25-31(16-34-13-14-36(3,4)5)19-10-6-7-11-20(19)35-25/h6-12,15H,13-14,16H2,1-5H3,(H,32,33)/b27-25-. The van der Waals surface area contributed by atoms with E-state index in [1.807, 2.05) is 25.1 Å². The van der Waals surface area contributed by atoms with E-state index in [-0.39, 0.29) is 5.69 Å². The minimum Gasteiger partial charge on any atom is -0.477 e. The quantitative estimate of drug-likeness (QED) is 0.238. The number of benzene rings is 1. The lowest BCUT2D eigenvalue weighted by atomic mass is 10.3. The topological polar surface area (TPSA) is 106 Å². The van der Waals surface area contributed by atoms with Crippen molar-refractivity contribution in [3.05, 3.63) is 64.6 Å². The Hall–Kier alpha value is -3.41. The molecule has 1 aromatic carbocycles. The molecule has 4 aromatic rings. The first-order valence-corrected chi connectivity index (χ1v) is 16.1. The Kier molecular flexibility index (Phi) is 7.62. The average molecular weight is 523 g/mol. The number of carbonyl (C=O) groups is 1. The van der Waals surface area contributed by atoms with Crippen molar-refractivity contribution in [1.29, 1.82) is 0 Å². The molecule has 0 aliphatic rings. The van der Waals surface area contributed by atoms with E-state index in [0.717, 1.165) is 33.2 Å². The summed E-state index contributed by atoms with van der Waals surface area (Å²) in [6.45, 7) is 10.1. The van der Waals surface area contributed by atoms with Gasteiger partial charge in [-0.3, -0.25) is 4.57 Å². The summed E-state index contributed by atoms with van der Waals surface area (Å²) in [5, 5.41) is 17.9. The van der Waals surface area contributed by atoms with Gasteiger partial charge in [-0.05, 0) is 48.9 Å². The van der Waals surface area contributed by atoms with Crippen LogP contribution in [0.3, 0.4) is 0 Å². The molecule has 0 fully saturated rings. The Morgan fingerprint density at radius 2 is 1.92 bits per heavy atom. The minimum absolute atomic E-state index is 0.0305. The van der Waals surface area contributed by atoms with Gasteiger partial charge in [0.1, 0.15) is 12.5 Å². The zero-order valence-corrected chi connectivity index (χ0v) is 22.9. The Bertz CT molecular complexity index is 1460. The molecule has 0 radical (unpaired) electrons. The summed E-state index contributed by atoms with van der Waals surface area (Å²) in [6.07, 6.45) is 0. The molecule has 1 N–H and O–H groups in total. The lowest BCUT2D eigenvalue weighted by Crippen LogP contribution is -2.23. The summed E-state index contributed by atoms with van der Waals surface area (Å²) in [6, 6.07) is 16.0. The summed E-state index contributed by atoms with van der Waals surface area (Å²) < 4.78 is 9.25. The van der Waals surface area contributed by atoms with Crippen molar-refractivity contribution in [2.45, 2.75) is 39.3 Å². The number of hydrogen-bond donors (Lipinski definition) is 1. The highest BCUT2D eigenvalue weighted by Crippen LogP contribution is 2.24. The normalized spacial score (nSPS) is 12.3. The molecule has 9 nitrogen and oxygen atoms in total. The number of aromatic carboxylic acids is 1. The maximum Gasteiger partial charge on any atom is 0.354 e. The first-order valence-electron chi connectivity index (χ1n) is 11.6. The molecule has 4 rings (SSSR count). The second kappa shape index (κ2) is 10.7. The molecule has 3 heterocycles. The highest BCUT2D eigenvalue weighted by molar-refractivity contribution is 7.16. The van der Waals surface area contributed by atoms with Gasteiger partial charge in [0.05, 0.1) is 10.2 Å². The Balaban J connectivity index is 1.64. The first-order chi connectivity index (χ1) is 17.1. The predicted octanol–water partition coefficient (Wildman–Crippen LogP) is 5.21. The van der Waals surface area contributed by atoms with Gasteiger partial charge in [0.25, 0.3) is 0 Å². The molecule has 0 amide bonds. The number of aromatic nitrogens is 4. The highest BCUT2D eigenvalue weighted by atomic mass is 32.1. The van der Waals surface area contributed by atoms with Gasteiger partial charge in [-0.15, -0.1) is 10.2 Å². The van der Waals surface area contributed by atoms with Crippen LogP contribution in [0.5, 0.6) is 0 Å². The summed E-state index contributed by atoms with van der Waals surface area (Å²) in [5.41, 5.74) is 1.88. The van der Waals surface area contributed by atoms with Crippen molar-refractivity contribution >= 4 is 53.1 Å². The fourth-order valence-electron chi connectivity index (χ4n) is 3.44. The monoisotopic (exact) mass is 522 g/mol. The lowest BCUT2D eigenvalue weighted by molar-refractivity contribution is 0.0690. The summed E-state index contributed by atoms with van der Waals surface area (Å²) in [5.74, 6) is 0.441. The molecule has 0 saturated carbocycles. The Labute approximate surface area is 214 Å². The van der Waals surface area contributed by atoms with E-state index in [9.17, 15) is 9.90 Å². The van der Waals surface area contributed by atoms with Gasteiger partial charge in [-0.2, -0.15) is 4.99 Å². The zero-order valence-electron chi connectivity index (χ0n) is 21.1. The summed E-state index contributed by atoms with van der Waals surface area (Å²) in [4.78, 5) is 22.8. The molecule has 188 valence electrons. The molecule has 0 bridgehead atoms. The van der Waals surface area contributed by atoms with Crippen molar-refractivity contribution in [2.24, 2.45) is 4.99 Å². The van der Waals surface area contributed by atoms with E-state index in [4.69, 9.17) is 9.73 Å². The number of pyridine rings is 1. The molecule has 0 unspecified atom stereocenters. The second-order valence-electron chi connectivity index (χ2n) is 9.69. The van der Waals surface area contributed by atoms with Crippen LogP contribution in [0.25, 0.3) is 10.2 Å². The van der Waals surface area contributed by atoms with Crippen LogP contribution in [0.4, 0.5) is 17.5 Å². The number of carboxylic acids is 1. The van der Waals surface area contributed by atoms with Gasteiger partial charge in [-0.1, -0.05) is 49.2 Å². The molecule has 0 saturated heterocycles. The molecular weight excluding hydrogens is 492 g/mol. The third-order valence-electron chi connectivity index (χ3n) is 5.59. The number of aryl methyl sites for hydroxylation is 1. The molecule has 0 atom stereocenters. The molecule has 11 heteroatoms. The van der Waals surface area contributed by atoms with Crippen LogP contribution in [0, 0.1) is 6.92 Å². The maximum atomic E-state index is 11.3. The van der Waals surface area contributed by atoms with Gasteiger partial charge in [0.2, 0.25) is 0 Å². The van der Waals surface area contributed by atoms with Crippen molar-refractivity contribution in [3.63, 3.8) is 0 Å². The number of fused-ring (bicyclic) bond motifs is 1. The Morgan fingerprint density at radius 1 is 1.14 bits per heavy atom. The fraction of sp³-hybridized carbons (Fsp3) is 0.320. The van der Waals surface area contributed by atoms with Crippen molar-refractivity contribution in [2.75, 3.05) is 18.6 Å². The van der Waals surface area contributed by atoms with Crippen molar-refractivity contribution < 1.29 is 14.6 Å². The van der Waals surface area contributed by atoms with Gasteiger partial charge in [0.15, 0.2) is 22.1 Å². The number of nitrogens with zero attached hydrogens (tertiary/aromatic N) is 6. The summed E-state index contributed by atoms with van der Waals surface area (Å²) in [7, 11) is 0.596. The van der Waals surface area contributed by atoms with Crippen LogP contribution in [0.15, 0.2) is 53.5 Å². The minimum atomic E-state index is -1.17. The van der Waals surface area contributed by atoms with E-state index >= 15 is 0 Å². The molecule has 0 aliphatic carbocycles. The van der Waals surface area contributed by atoms with Crippen molar-refractivity contribution in [3.8, 4) is 0 Å². The first kappa shape index (κ1) is 25.7. The van der Waals surface area contributed by atoms with Gasteiger partial charge < -0.3 is 14.7 Å². The number of hydrogen-bond acceptors (Lipinski definition) is 8. The van der Waals surface area contributed by atoms with E-state index in [1.165, 1.54) is 6.07 Å². The SMILES string of the molecule is Cc1cc(N(C)c2cccc(C(=O)O)n2)nnc1/N=c1\sc2ccccc2n1COCC[Si](C)(C)C. The third-order valence-corrected chi connectivity index (χ3v) is 8.36. The van der Waals surface area contributed by atoms with Gasteiger partial charge in [-0.25, -0.2) is 9.78 Å².